The maximum Gasteiger partial charge on any atom is 0.283 e. The number of carbonyl (C=O) groups is 2. The average molecular weight is 506 g/mol. The first-order valence-corrected chi connectivity index (χ1v) is 11.3. The average Bonchev–Trinajstić information content (AvgIpc) is 3.01. The molecule has 0 aromatic heterocycles. The van der Waals surface area contributed by atoms with E-state index in [1.165, 1.54) is 19.2 Å². The molecule has 1 aliphatic rings. The monoisotopic (exact) mass is 504 g/mol. The molecule has 0 spiro atoms. The van der Waals surface area contributed by atoms with Gasteiger partial charge in [-0.1, -0.05) is 58.7 Å². The summed E-state index contributed by atoms with van der Waals surface area (Å²) in [7, 11) is 1.53. The zero-order valence-electron chi connectivity index (χ0n) is 16.6. The number of nitrogens with one attached hydrogen (secondary N) is 1. The zero-order chi connectivity index (χ0) is 22.8. The third-order valence-corrected chi connectivity index (χ3v) is 6.49. The van der Waals surface area contributed by atoms with Crippen molar-refractivity contribution in [2.45, 2.75) is 4.90 Å². The van der Waals surface area contributed by atoms with E-state index in [4.69, 9.17) is 39.5 Å². The molecule has 0 bridgehead atoms. The van der Waals surface area contributed by atoms with E-state index in [1.807, 2.05) is 0 Å². The van der Waals surface area contributed by atoms with Crippen LogP contribution >= 0.6 is 46.6 Å². The summed E-state index contributed by atoms with van der Waals surface area (Å²) in [5.74, 6) is -0.548. The van der Waals surface area contributed by atoms with Crippen LogP contribution in [0.1, 0.15) is 0 Å². The molecule has 5 nitrogen and oxygen atoms in total. The first kappa shape index (κ1) is 22.6. The molecular formula is C23H15Cl3N2O3S. The number of carbonyl (C=O) groups excluding carboxylic acids is 2. The number of para-hydroxylation sites is 2. The van der Waals surface area contributed by atoms with Crippen molar-refractivity contribution < 1.29 is 14.3 Å². The highest BCUT2D eigenvalue weighted by Crippen LogP contribution is 2.41. The summed E-state index contributed by atoms with van der Waals surface area (Å²) in [4.78, 5) is 28.8. The molecule has 0 saturated heterocycles. The van der Waals surface area contributed by atoms with Gasteiger partial charge in [-0.25, -0.2) is 4.90 Å². The van der Waals surface area contributed by atoms with E-state index >= 15 is 0 Å². The minimum atomic E-state index is -0.554. The number of methoxy groups -OCH3 is 1. The third kappa shape index (κ3) is 4.45. The lowest BCUT2D eigenvalue weighted by Gasteiger charge is -2.17. The van der Waals surface area contributed by atoms with Crippen LogP contribution in [-0.4, -0.2) is 18.9 Å². The highest BCUT2D eigenvalue weighted by molar-refractivity contribution is 8.04. The Morgan fingerprint density at radius 2 is 1.56 bits per heavy atom. The van der Waals surface area contributed by atoms with Crippen molar-refractivity contribution >= 4 is 69.8 Å². The number of amides is 2. The van der Waals surface area contributed by atoms with E-state index in [1.54, 1.807) is 54.6 Å². The summed E-state index contributed by atoms with van der Waals surface area (Å²) in [6, 6.07) is 18.7. The molecule has 1 N–H and O–H groups in total. The Hall–Kier alpha value is -2.64. The molecule has 0 fully saturated rings. The van der Waals surface area contributed by atoms with Gasteiger partial charge >= 0.3 is 0 Å². The number of ether oxygens (including phenoxy) is 1. The summed E-state index contributed by atoms with van der Waals surface area (Å²) in [6.07, 6.45) is 0. The van der Waals surface area contributed by atoms with E-state index in [-0.39, 0.29) is 21.3 Å². The van der Waals surface area contributed by atoms with Crippen LogP contribution in [0.2, 0.25) is 15.1 Å². The summed E-state index contributed by atoms with van der Waals surface area (Å²) < 4.78 is 5.38. The summed E-state index contributed by atoms with van der Waals surface area (Å²) in [5.41, 5.74) is 0.857. The quantitative estimate of drug-likeness (QED) is 0.380. The van der Waals surface area contributed by atoms with Crippen molar-refractivity contribution in [3.05, 3.63) is 92.4 Å². The minimum absolute atomic E-state index is 0.107. The van der Waals surface area contributed by atoms with E-state index in [2.05, 4.69) is 5.32 Å². The molecule has 1 aliphatic heterocycles. The third-order valence-electron chi connectivity index (χ3n) is 4.59. The molecule has 162 valence electrons. The van der Waals surface area contributed by atoms with Gasteiger partial charge in [0.25, 0.3) is 11.8 Å². The Balaban J connectivity index is 1.79. The van der Waals surface area contributed by atoms with E-state index in [9.17, 15) is 9.59 Å². The van der Waals surface area contributed by atoms with E-state index in [0.717, 1.165) is 21.6 Å². The van der Waals surface area contributed by atoms with Crippen molar-refractivity contribution in [2.24, 2.45) is 0 Å². The van der Waals surface area contributed by atoms with Crippen molar-refractivity contribution in [1.29, 1.82) is 0 Å². The van der Waals surface area contributed by atoms with E-state index < -0.39 is 11.8 Å². The lowest BCUT2D eigenvalue weighted by atomic mass is 10.2. The Kier molecular flexibility index (Phi) is 6.67. The molecule has 0 saturated carbocycles. The second-order valence-corrected chi connectivity index (χ2v) is 8.99. The first-order valence-electron chi connectivity index (χ1n) is 9.30. The highest BCUT2D eigenvalue weighted by atomic mass is 35.5. The molecule has 4 rings (SSSR count). The van der Waals surface area contributed by atoms with Crippen LogP contribution < -0.4 is 15.0 Å². The first-order chi connectivity index (χ1) is 15.4. The molecule has 0 atom stereocenters. The summed E-state index contributed by atoms with van der Waals surface area (Å²) >= 11 is 19.5. The number of thioether (sulfide) groups is 1. The minimum Gasteiger partial charge on any atom is -0.495 e. The van der Waals surface area contributed by atoms with Crippen molar-refractivity contribution in [3.63, 3.8) is 0 Å². The van der Waals surface area contributed by atoms with Crippen LogP contribution in [-0.2, 0) is 9.59 Å². The molecule has 9 heteroatoms. The highest BCUT2D eigenvalue weighted by Gasteiger charge is 2.41. The van der Waals surface area contributed by atoms with Crippen LogP contribution in [0.25, 0.3) is 0 Å². The Bertz CT molecular complexity index is 1250. The SMILES string of the molecule is COc1ccccc1NC1=C(Sc2ccc(Cl)cc2)C(=O)N(c2cc(Cl)ccc2Cl)C1=O. The number of anilines is 2. The van der Waals surface area contributed by atoms with Gasteiger partial charge in [-0.15, -0.1) is 0 Å². The lowest BCUT2D eigenvalue weighted by Crippen LogP contribution is -2.32. The molecule has 0 unspecified atom stereocenters. The Morgan fingerprint density at radius 3 is 2.28 bits per heavy atom. The second-order valence-electron chi connectivity index (χ2n) is 6.63. The molecule has 0 aliphatic carbocycles. The molecule has 0 radical (unpaired) electrons. The van der Waals surface area contributed by atoms with Crippen molar-refractivity contribution in [1.82, 2.24) is 0 Å². The van der Waals surface area contributed by atoms with Gasteiger partial charge in [0.15, 0.2) is 0 Å². The van der Waals surface area contributed by atoms with Crippen molar-refractivity contribution in [2.75, 3.05) is 17.3 Å². The second kappa shape index (κ2) is 9.46. The molecule has 1 heterocycles. The van der Waals surface area contributed by atoms with Gasteiger partial charge in [-0.05, 0) is 54.6 Å². The smallest absolute Gasteiger partial charge is 0.283 e. The molecule has 3 aromatic carbocycles. The fourth-order valence-corrected chi connectivity index (χ4v) is 4.51. The standard InChI is InChI=1S/C23H15Cl3N2O3S/c1-31-19-5-3-2-4-17(19)27-20-21(32-15-9-6-13(24)7-10-15)23(30)28(22(20)29)18-12-14(25)8-11-16(18)26/h2-12,27H,1H3. The Labute approximate surface area is 203 Å². The Morgan fingerprint density at radius 1 is 0.875 bits per heavy atom. The predicted molar refractivity (Wildman–Crippen MR) is 130 cm³/mol. The van der Waals surface area contributed by atoms with Crippen LogP contribution in [0.15, 0.2) is 82.2 Å². The normalized spacial score (nSPS) is 13.7. The number of benzene rings is 3. The van der Waals surface area contributed by atoms with Crippen LogP contribution in [0.3, 0.4) is 0 Å². The fraction of sp³-hybridized carbons (Fsp3) is 0.0435. The van der Waals surface area contributed by atoms with E-state index in [0.29, 0.717) is 21.5 Å². The van der Waals surface area contributed by atoms with Gasteiger partial charge in [-0.2, -0.15) is 0 Å². The fourth-order valence-electron chi connectivity index (χ4n) is 3.09. The number of rotatable bonds is 6. The maximum atomic E-state index is 13.4. The van der Waals surface area contributed by atoms with Crippen molar-refractivity contribution in [3.8, 4) is 5.75 Å². The van der Waals surface area contributed by atoms with Crippen LogP contribution in [0.5, 0.6) is 5.75 Å². The number of halogens is 3. The number of hydrogen-bond acceptors (Lipinski definition) is 5. The number of nitrogens with zero attached hydrogens (tertiary/aromatic N) is 1. The van der Waals surface area contributed by atoms with Crippen LogP contribution in [0, 0.1) is 0 Å². The van der Waals surface area contributed by atoms with Gasteiger partial charge in [0.1, 0.15) is 16.4 Å². The maximum absolute atomic E-state index is 13.4. The topological polar surface area (TPSA) is 58.6 Å². The van der Waals surface area contributed by atoms with Gasteiger partial charge in [-0.3, -0.25) is 9.59 Å². The molecule has 2 amide bonds. The number of imide groups is 1. The number of hydrogen-bond donors (Lipinski definition) is 1. The van der Waals surface area contributed by atoms with Gasteiger partial charge in [0, 0.05) is 14.9 Å². The van der Waals surface area contributed by atoms with Gasteiger partial charge in [0.05, 0.1) is 23.5 Å². The summed E-state index contributed by atoms with van der Waals surface area (Å²) in [6.45, 7) is 0. The molecule has 3 aromatic rings. The van der Waals surface area contributed by atoms with Crippen LogP contribution in [0.4, 0.5) is 11.4 Å². The molecule has 32 heavy (non-hydrogen) atoms. The predicted octanol–water partition coefficient (Wildman–Crippen LogP) is 6.64. The van der Waals surface area contributed by atoms with Gasteiger partial charge < -0.3 is 10.1 Å². The molecular weight excluding hydrogens is 491 g/mol. The lowest BCUT2D eigenvalue weighted by molar-refractivity contribution is -0.120. The largest absolute Gasteiger partial charge is 0.495 e. The zero-order valence-corrected chi connectivity index (χ0v) is 19.6. The van der Waals surface area contributed by atoms with Gasteiger partial charge in [0.2, 0.25) is 0 Å². The summed E-state index contributed by atoms with van der Waals surface area (Å²) in [5, 5.41) is 4.22.